The van der Waals surface area contributed by atoms with E-state index in [2.05, 4.69) is 43.1 Å². The topological polar surface area (TPSA) is 18.5 Å². The molecule has 3 atom stereocenters. The number of nitrogens with zero attached hydrogens (tertiary/aromatic N) is 2. The molecule has 0 radical (unpaired) electrons. The van der Waals surface area contributed by atoms with Gasteiger partial charge in [0.15, 0.2) is 0 Å². The maximum Gasteiger partial charge on any atom is 0.0119 e. The second kappa shape index (κ2) is 6.56. The largest absolute Gasteiger partial charge is 0.316 e. The van der Waals surface area contributed by atoms with Crippen LogP contribution < -0.4 is 5.32 Å². The van der Waals surface area contributed by atoms with Crippen LogP contribution in [0.5, 0.6) is 0 Å². The SMILES string of the molecule is CC1CC(N(C)CC2(C)CCNC2)CCN1C.Cl. The molecule has 0 saturated carbocycles. The van der Waals surface area contributed by atoms with Gasteiger partial charge in [-0.25, -0.2) is 0 Å². The summed E-state index contributed by atoms with van der Waals surface area (Å²) in [5.74, 6) is 0. The lowest BCUT2D eigenvalue weighted by molar-refractivity contribution is 0.0798. The van der Waals surface area contributed by atoms with Crippen molar-refractivity contribution < 1.29 is 0 Å². The summed E-state index contributed by atoms with van der Waals surface area (Å²) in [5.41, 5.74) is 0.501. The van der Waals surface area contributed by atoms with Crippen LogP contribution in [0.4, 0.5) is 0 Å². The third-order valence-corrected chi connectivity index (χ3v) is 4.89. The average molecular weight is 276 g/mol. The Morgan fingerprint density at radius 3 is 2.72 bits per heavy atom. The van der Waals surface area contributed by atoms with Crippen LogP contribution in [0, 0.1) is 5.41 Å². The minimum Gasteiger partial charge on any atom is -0.316 e. The quantitative estimate of drug-likeness (QED) is 0.848. The fraction of sp³-hybridized carbons (Fsp3) is 1.00. The first-order valence-electron chi connectivity index (χ1n) is 7.11. The van der Waals surface area contributed by atoms with Crippen molar-refractivity contribution in [3.8, 4) is 0 Å². The summed E-state index contributed by atoms with van der Waals surface area (Å²) in [6.07, 6.45) is 4.00. The molecule has 18 heavy (non-hydrogen) atoms. The number of hydrogen-bond donors (Lipinski definition) is 1. The Bertz CT molecular complexity index is 253. The van der Waals surface area contributed by atoms with E-state index >= 15 is 0 Å². The maximum atomic E-state index is 3.50. The predicted molar refractivity (Wildman–Crippen MR) is 80.6 cm³/mol. The van der Waals surface area contributed by atoms with E-state index in [0.29, 0.717) is 5.41 Å². The van der Waals surface area contributed by atoms with E-state index in [1.807, 2.05) is 0 Å². The minimum absolute atomic E-state index is 0. The van der Waals surface area contributed by atoms with Crippen molar-refractivity contribution >= 4 is 12.4 Å². The summed E-state index contributed by atoms with van der Waals surface area (Å²) in [4.78, 5) is 5.11. The second-order valence-corrected chi connectivity index (χ2v) is 6.66. The van der Waals surface area contributed by atoms with Crippen LogP contribution in [0.2, 0.25) is 0 Å². The number of hydrogen-bond acceptors (Lipinski definition) is 3. The van der Waals surface area contributed by atoms with E-state index < -0.39 is 0 Å². The van der Waals surface area contributed by atoms with Crippen molar-refractivity contribution in [2.24, 2.45) is 5.41 Å². The van der Waals surface area contributed by atoms with E-state index in [0.717, 1.165) is 12.1 Å². The first-order chi connectivity index (χ1) is 8.00. The van der Waals surface area contributed by atoms with Gasteiger partial charge in [0.1, 0.15) is 0 Å². The van der Waals surface area contributed by atoms with Crippen molar-refractivity contribution in [1.82, 2.24) is 15.1 Å². The lowest BCUT2D eigenvalue weighted by Crippen LogP contribution is -2.49. The van der Waals surface area contributed by atoms with Crippen molar-refractivity contribution in [1.29, 1.82) is 0 Å². The fourth-order valence-electron chi connectivity index (χ4n) is 3.40. The summed E-state index contributed by atoms with van der Waals surface area (Å²) in [7, 11) is 4.58. The van der Waals surface area contributed by atoms with E-state index in [9.17, 15) is 0 Å². The summed E-state index contributed by atoms with van der Waals surface area (Å²) in [5, 5.41) is 3.50. The van der Waals surface area contributed by atoms with Gasteiger partial charge in [0, 0.05) is 25.2 Å². The van der Waals surface area contributed by atoms with Gasteiger partial charge in [-0.3, -0.25) is 0 Å². The Morgan fingerprint density at radius 1 is 1.44 bits per heavy atom. The van der Waals surface area contributed by atoms with Crippen LogP contribution in [0.1, 0.15) is 33.1 Å². The highest BCUT2D eigenvalue weighted by Crippen LogP contribution is 2.28. The second-order valence-electron chi connectivity index (χ2n) is 6.66. The number of nitrogens with one attached hydrogen (secondary N) is 1. The van der Waals surface area contributed by atoms with E-state index in [-0.39, 0.29) is 12.4 Å². The minimum atomic E-state index is 0. The summed E-state index contributed by atoms with van der Waals surface area (Å²) >= 11 is 0. The average Bonchev–Trinajstić information content (AvgIpc) is 2.69. The van der Waals surface area contributed by atoms with E-state index in [4.69, 9.17) is 0 Å². The van der Waals surface area contributed by atoms with Gasteiger partial charge in [-0.05, 0) is 58.8 Å². The van der Waals surface area contributed by atoms with Crippen molar-refractivity contribution in [2.45, 2.75) is 45.2 Å². The Hall–Kier alpha value is 0.170. The lowest BCUT2D eigenvalue weighted by Gasteiger charge is -2.41. The molecule has 0 aromatic rings. The van der Waals surface area contributed by atoms with Gasteiger partial charge in [0.2, 0.25) is 0 Å². The van der Waals surface area contributed by atoms with Gasteiger partial charge in [-0.2, -0.15) is 0 Å². The van der Waals surface area contributed by atoms with Crippen molar-refractivity contribution in [2.75, 3.05) is 40.3 Å². The zero-order chi connectivity index (χ0) is 12.5. The molecule has 2 fully saturated rings. The molecular weight excluding hydrogens is 246 g/mol. The standard InChI is InChI=1S/C14H29N3.ClH/c1-12-9-13(5-8-16(12)3)17(4)11-14(2)6-7-15-10-14;/h12-13,15H,5-11H2,1-4H3;1H. The summed E-state index contributed by atoms with van der Waals surface area (Å²) in [6.45, 7) is 9.70. The molecule has 4 heteroatoms. The molecule has 0 aromatic heterocycles. The molecule has 0 aliphatic carbocycles. The predicted octanol–water partition coefficient (Wildman–Crippen LogP) is 1.82. The maximum absolute atomic E-state index is 3.50. The van der Waals surface area contributed by atoms with Crippen LogP contribution >= 0.6 is 12.4 Å². The normalized spacial score (nSPS) is 37.8. The number of piperidine rings is 1. The van der Waals surface area contributed by atoms with Crippen molar-refractivity contribution in [3.63, 3.8) is 0 Å². The van der Waals surface area contributed by atoms with Gasteiger partial charge in [-0.15, -0.1) is 12.4 Å². The molecule has 0 spiro atoms. The third-order valence-electron chi connectivity index (χ3n) is 4.89. The first kappa shape index (κ1) is 16.2. The molecule has 3 nitrogen and oxygen atoms in total. The number of rotatable bonds is 3. The zero-order valence-corrected chi connectivity index (χ0v) is 13.2. The molecule has 2 saturated heterocycles. The van der Waals surface area contributed by atoms with Gasteiger partial charge >= 0.3 is 0 Å². The van der Waals surface area contributed by atoms with E-state index in [1.165, 1.54) is 45.4 Å². The monoisotopic (exact) mass is 275 g/mol. The summed E-state index contributed by atoms with van der Waals surface area (Å²) < 4.78 is 0. The molecule has 3 unspecified atom stereocenters. The molecule has 1 N–H and O–H groups in total. The first-order valence-corrected chi connectivity index (χ1v) is 7.11. The number of halogens is 1. The van der Waals surface area contributed by atoms with Crippen LogP contribution in [0.15, 0.2) is 0 Å². The van der Waals surface area contributed by atoms with Gasteiger partial charge in [0.05, 0.1) is 0 Å². The highest BCUT2D eigenvalue weighted by atomic mass is 35.5. The Balaban J connectivity index is 0.00000162. The smallest absolute Gasteiger partial charge is 0.0119 e. The van der Waals surface area contributed by atoms with Crippen LogP contribution in [0.3, 0.4) is 0 Å². The van der Waals surface area contributed by atoms with Crippen LogP contribution in [-0.2, 0) is 0 Å². The molecule has 2 rings (SSSR count). The third kappa shape index (κ3) is 3.83. The molecule has 2 heterocycles. The lowest BCUT2D eigenvalue weighted by atomic mass is 9.87. The molecule has 2 aliphatic rings. The Kier molecular flexibility index (Phi) is 5.91. The highest BCUT2D eigenvalue weighted by Gasteiger charge is 2.33. The molecular formula is C14H30ClN3. The van der Waals surface area contributed by atoms with Gasteiger partial charge in [0.25, 0.3) is 0 Å². The van der Waals surface area contributed by atoms with Crippen molar-refractivity contribution in [3.05, 3.63) is 0 Å². The van der Waals surface area contributed by atoms with E-state index in [1.54, 1.807) is 0 Å². The van der Waals surface area contributed by atoms with Gasteiger partial charge in [-0.1, -0.05) is 6.92 Å². The zero-order valence-electron chi connectivity index (χ0n) is 12.4. The Labute approximate surface area is 119 Å². The molecule has 108 valence electrons. The highest BCUT2D eigenvalue weighted by molar-refractivity contribution is 5.85. The molecule has 2 aliphatic heterocycles. The molecule has 0 amide bonds. The molecule has 0 bridgehead atoms. The van der Waals surface area contributed by atoms with Crippen LogP contribution in [-0.4, -0.2) is 62.2 Å². The van der Waals surface area contributed by atoms with Crippen LogP contribution in [0.25, 0.3) is 0 Å². The number of likely N-dealkylation sites (tertiary alicyclic amines) is 1. The fourth-order valence-corrected chi connectivity index (χ4v) is 3.40. The van der Waals surface area contributed by atoms with Gasteiger partial charge < -0.3 is 15.1 Å². The Morgan fingerprint density at radius 2 is 2.17 bits per heavy atom. The molecule has 0 aromatic carbocycles. The summed E-state index contributed by atoms with van der Waals surface area (Å²) in [6, 6.07) is 1.53.